The van der Waals surface area contributed by atoms with Gasteiger partial charge in [-0.1, -0.05) is 13.0 Å². The molecule has 0 atom stereocenters. The number of nitrogens with zero attached hydrogens (tertiary/aromatic N) is 1. The topological polar surface area (TPSA) is 67.6 Å². The number of rotatable bonds is 5. The first-order valence-corrected chi connectivity index (χ1v) is 7.58. The molecule has 1 aliphatic rings. The zero-order chi connectivity index (χ0) is 15.2. The highest BCUT2D eigenvalue weighted by Crippen LogP contribution is 2.26. The van der Waals surface area contributed by atoms with Gasteiger partial charge in [0, 0.05) is 6.54 Å². The smallest absolute Gasteiger partial charge is 0.340 e. The molecule has 0 unspecified atom stereocenters. The van der Waals surface area contributed by atoms with Gasteiger partial charge in [0.25, 0.3) is 0 Å². The van der Waals surface area contributed by atoms with E-state index >= 15 is 0 Å². The highest BCUT2D eigenvalue weighted by atomic mass is 16.5. The van der Waals surface area contributed by atoms with E-state index in [-0.39, 0.29) is 5.97 Å². The normalized spacial score (nSPS) is 16.7. The van der Waals surface area contributed by atoms with Crippen LogP contribution in [0.15, 0.2) is 18.2 Å². The van der Waals surface area contributed by atoms with Crippen LogP contribution in [0.1, 0.15) is 30.1 Å². The molecular formula is C16H25N3O2. The second-order valence-corrected chi connectivity index (χ2v) is 5.52. The maximum Gasteiger partial charge on any atom is 0.340 e. The first-order chi connectivity index (χ1) is 10.2. The summed E-state index contributed by atoms with van der Waals surface area (Å²) in [6.07, 6.45) is 2.36. The van der Waals surface area contributed by atoms with Gasteiger partial charge in [-0.05, 0) is 50.5 Å². The van der Waals surface area contributed by atoms with Gasteiger partial charge in [-0.2, -0.15) is 0 Å². The summed E-state index contributed by atoms with van der Waals surface area (Å²) in [6, 6.07) is 5.31. The lowest BCUT2D eigenvalue weighted by Crippen LogP contribution is -2.35. The van der Waals surface area contributed by atoms with Crippen LogP contribution in [0.2, 0.25) is 0 Å². The van der Waals surface area contributed by atoms with Crippen molar-refractivity contribution in [2.24, 2.45) is 5.92 Å². The predicted octanol–water partition coefficient (Wildman–Crippen LogP) is 2.20. The average molecular weight is 291 g/mol. The number of nitrogens with two attached hydrogens (primary N) is 1. The van der Waals surface area contributed by atoms with Gasteiger partial charge in [-0.15, -0.1) is 0 Å². The van der Waals surface area contributed by atoms with Crippen molar-refractivity contribution in [2.45, 2.75) is 19.8 Å². The van der Waals surface area contributed by atoms with E-state index < -0.39 is 0 Å². The highest BCUT2D eigenvalue weighted by Gasteiger charge is 2.19. The van der Waals surface area contributed by atoms with Crippen LogP contribution in [0.25, 0.3) is 0 Å². The van der Waals surface area contributed by atoms with Gasteiger partial charge in [0.15, 0.2) is 0 Å². The molecule has 0 amide bonds. The number of nitrogen functional groups attached to an aromatic ring is 1. The second-order valence-electron chi connectivity index (χ2n) is 5.52. The van der Waals surface area contributed by atoms with E-state index in [0.29, 0.717) is 22.9 Å². The first-order valence-electron chi connectivity index (χ1n) is 7.58. The molecule has 21 heavy (non-hydrogen) atoms. The lowest BCUT2D eigenvalue weighted by Gasteiger charge is -2.31. The van der Waals surface area contributed by atoms with Crippen molar-refractivity contribution in [1.29, 1.82) is 0 Å². The third kappa shape index (κ3) is 3.88. The van der Waals surface area contributed by atoms with Gasteiger partial charge in [-0.3, -0.25) is 0 Å². The van der Waals surface area contributed by atoms with E-state index in [1.165, 1.54) is 20.0 Å². The van der Waals surface area contributed by atoms with E-state index in [1.54, 1.807) is 18.2 Å². The molecule has 0 aliphatic carbocycles. The molecule has 1 saturated heterocycles. The fourth-order valence-electron chi connectivity index (χ4n) is 2.80. The monoisotopic (exact) mass is 291 g/mol. The van der Waals surface area contributed by atoms with Gasteiger partial charge in [0.1, 0.15) is 0 Å². The number of esters is 1. The zero-order valence-corrected chi connectivity index (χ0v) is 12.9. The second kappa shape index (κ2) is 7.31. The van der Waals surface area contributed by atoms with Crippen LogP contribution in [0.4, 0.5) is 11.4 Å². The summed E-state index contributed by atoms with van der Waals surface area (Å²) < 4.78 is 4.81. The molecule has 3 N–H and O–H groups in total. The van der Waals surface area contributed by atoms with Crippen LogP contribution in [-0.2, 0) is 4.74 Å². The fourth-order valence-corrected chi connectivity index (χ4v) is 2.80. The number of likely N-dealkylation sites (tertiary alicyclic amines) is 1. The summed E-state index contributed by atoms with van der Waals surface area (Å²) in [5.74, 6) is 0.267. The Morgan fingerprint density at radius 2 is 2.14 bits per heavy atom. The van der Waals surface area contributed by atoms with Gasteiger partial charge in [-0.25, -0.2) is 4.79 Å². The molecule has 0 spiro atoms. The van der Waals surface area contributed by atoms with Crippen molar-refractivity contribution in [3.8, 4) is 0 Å². The first kappa shape index (κ1) is 15.6. The summed E-state index contributed by atoms with van der Waals surface area (Å²) in [4.78, 5) is 14.3. The lowest BCUT2D eigenvalue weighted by molar-refractivity contribution is 0.0602. The van der Waals surface area contributed by atoms with Crippen molar-refractivity contribution in [3.05, 3.63) is 23.8 Å². The summed E-state index contributed by atoms with van der Waals surface area (Å²) >= 11 is 0. The molecule has 5 nitrogen and oxygen atoms in total. The number of piperidine rings is 1. The molecule has 0 saturated carbocycles. The van der Waals surface area contributed by atoms with Gasteiger partial charge >= 0.3 is 5.97 Å². The molecule has 1 fully saturated rings. The van der Waals surface area contributed by atoms with E-state index in [2.05, 4.69) is 17.1 Å². The van der Waals surface area contributed by atoms with Gasteiger partial charge in [0.05, 0.1) is 24.0 Å². The maximum atomic E-state index is 11.8. The molecule has 1 aromatic rings. The number of para-hydroxylation sites is 1. The number of hydrogen-bond acceptors (Lipinski definition) is 5. The largest absolute Gasteiger partial charge is 0.465 e. The Labute approximate surface area is 126 Å². The summed E-state index contributed by atoms with van der Waals surface area (Å²) in [7, 11) is 1.38. The van der Waals surface area contributed by atoms with Crippen molar-refractivity contribution in [1.82, 2.24) is 4.90 Å². The van der Waals surface area contributed by atoms with Crippen molar-refractivity contribution < 1.29 is 9.53 Å². The summed E-state index contributed by atoms with van der Waals surface area (Å²) in [5.41, 5.74) is 7.78. The molecule has 1 aliphatic heterocycles. The zero-order valence-electron chi connectivity index (χ0n) is 12.9. The highest BCUT2D eigenvalue weighted by molar-refractivity contribution is 5.98. The Morgan fingerprint density at radius 3 is 2.76 bits per heavy atom. The van der Waals surface area contributed by atoms with Crippen LogP contribution >= 0.6 is 0 Å². The number of anilines is 2. The van der Waals surface area contributed by atoms with Crippen LogP contribution < -0.4 is 11.1 Å². The van der Waals surface area contributed by atoms with E-state index in [0.717, 1.165) is 26.2 Å². The van der Waals surface area contributed by atoms with Crippen molar-refractivity contribution in [2.75, 3.05) is 44.3 Å². The Kier molecular flexibility index (Phi) is 5.44. The molecule has 5 heteroatoms. The molecule has 0 radical (unpaired) electrons. The lowest BCUT2D eigenvalue weighted by atomic mass is 9.96. The quantitative estimate of drug-likeness (QED) is 0.643. The summed E-state index contributed by atoms with van der Waals surface area (Å²) in [6.45, 7) is 6.47. The Morgan fingerprint density at radius 1 is 1.43 bits per heavy atom. The van der Waals surface area contributed by atoms with E-state index in [1.807, 2.05) is 0 Å². The number of carbonyl (C=O) groups is 1. The van der Waals surface area contributed by atoms with E-state index in [9.17, 15) is 4.79 Å². The number of hydrogen-bond donors (Lipinski definition) is 2. The number of ether oxygens (including phenoxy) is 1. The molecular weight excluding hydrogens is 266 g/mol. The van der Waals surface area contributed by atoms with Crippen LogP contribution in [-0.4, -0.2) is 44.2 Å². The summed E-state index contributed by atoms with van der Waals surface area (Å²) in [5, 5.41) is 3.35. The number of benzene rings is 1. The third-order valence-electron chi connectivity index (χ3n) is 4.22. The average Bonchev–Trinajstić information content (AvgIpc) is 2.53. The van der Waals surface area contributed by atoms with Gasteiger partial charge < -0.3 is 20.7 Å². The number of methoxy groups -OCH3 is 1. The molecule has 1 heterocycles. The number of nitrogens with one attached hydrogen (secondary N) is 1. The van der Waals surface area contributed by atoms with E-state index in [4.69, 9.17) is 10.5 Å². The van der Waals surface area contributed by atoms with Crippen molar-refractivity contribution in [3.63, 3.8) is 0 Å². The molecule has 1 aromatic carbocycles. The van der Waals surface area contributed by atoms with Crippen LogP contribution in [0.3, 0.4) is 0 Å². The Bertz CT molecular complexity index is 482. The molecule has 116 valence electrons. The molecule has 0 bridgehead atoms. The molecule has 0 aromatic heterocycles. The third-order valence-corrected chi connectivity index (χ3v) is 4.22. The fraction of sp³-hybridized carbons (Fsp3) is 0.562. The standard InChI is InChI=1S/C16H25N3O2/c1-3-19-9-7-12(8-10-19)11-18-15-13(16(20)21-2)5-4-6-14(15)17/h4-6,12,18H,3,7-11,17H2,1-2H3. The Balaban J connectivity index is 1.98. The van der Waals surface area contributed by atoms with Crippen LogP contribution in [0, 0.1) is 5.92 Å². The Hall–Kier alpha value is -1.75. The minimum absolute atomic E-state index is 0.356. The van der Waals surface area contributed by atoms with Crippen molar-refractivity contribution >= 4 is 17.3 Å². The minimum Gasteiger partial charge on any atom is -0.465 e. The number of carbonyl (C=O) groups excluding carboxylic acids is 1. The maximum absolute atomic E-state index is 11.8. The molecule has 2 rings (SSSR count). The van der Waals surface area contributed by atoms with Gasteiger partial charge in [0.2, 0.25) is 0 Å². The minimum atomic E-state index is -0.356. The van der Waals surface area contributed by atoms with Crippen LogP contribution in [0.5, 0.6) is 0 Å². The SMILES string of the molecule is CCN1CCC(CNc2c(N)cccc2C(=O)OC)CC1. The predicted molar refractivity (Wildman–Crippen MR) is 85.5 cm³/mol.